The van der Waals surface area contributed by atoms with Crippen molar-refractivity contribution in [1.29, 1.82) is 0 Å². The molecule has 0 spiro atoms. The molecule has 0 atom stereocenters. The molecule has 2 aromatic heterocycles. The van der Waals surface area contributed by atoms with E-state index >= 15 is 0 Å². The van der Waals surface area contributed by atoms with Gasteiger partial charge in [-0.2, -0.15) is 5.10 Å². The molecule has 2 aromatic rings. The third-order valence-corrected chi connectivity index (χ3v) is 2.67. The summed E-state index contributed by atoms with van der Waals surface area (Å²) in [5.74, 6) is 1.64. The van der Waals surface area contributed by atoms with Gasteiger partial charge in [0.2, 0.25) is 0 Å². The largest absolute Gasteiger partial charge is 0.369 e. The minimum atomic E-state index is 0.706. The van der Waals surface area contributed by atoms with Crippen LogP contribution in [-0.4, -0.2) is 21.7 Å². The molecule has 0 unspecified atom stereocenters. The average Bonchev–Trinajstić information content (AvgIpc) is 2.61. The molecule has 0 fully saturated rings. The molecule has 16 heavy (non-hydrogen) atoms. The molecule has 0 bridgehead atoms. The molecular weight excluding hydrogens is 200 g/mol. The standard InChI is InChI=1S/C12H18N4/c1-8(2)4-6-13-12-11-9(3)15-16-10(11)5-7-14-12/h5,7-8H,4,6H2,1-3H3,(H,13,14)(H,15,16). The summed E-state index contributed by atoms with van der Waals surface area (Å²) in [7, 11) is 0. The molecule has 0 aromatic carbocycles. The van der Waals surface area contributed by atoms with E-state index in [9.17, 15) is 0 Å². The van der Waals surface area contributed by atoms with E-state index in [0.29, 0.717) is 5.92 Å². The van der Waals surface area contributed by atoms with Gasteiger partial charge in [0.25, 0.3) is 0 Å². The number of pyridine rings is 1. The molecule has 0 amide bonds. The highest BCUT2D eigenvalue weighted by Gasteiger charge is 2.07. The van der Waals surface area contributed by atoms with E-state index in [1.807, 2.05) is 13.0 Å². The Morgan fingerprint density at radius 1 is 1.44 bits per heavy atom. The maximum Gasteiger partial charge on any atom is 0.137 e. The maximum absolute atomic E-state index is 4.37. The van der Waals surface area contributed by atoms with Gasteiger partial charge in [-0.1, -0.05) is 13.8 Å². The molecule has 0 aliphatic rings. The number of rotatable bonds is 4. The third kappa shape index (κ3) is 2.15. The van der Waals surface area contributed by atoms with Gasteiger partial charge in [-0.15, -0.1) is 0 Å². The molecule has 0 radical (unpaired) electrons. The second kappa shape index (κ2) is 4.51. The predicted octanol–water partition coefficient (Wildman–Crippen LogP) is 2.72. The van der Waals surface area contributed by atoms with Crippen LogP contribution in [0.2, 0.25) is 0 Å². The number of aromatic amines is 1. The fourth-order valence-electron chi connectivity index (χ4n) is 1.73. The van der Waals surface area contributed by atoms with Crippen molar-refractivity contribution in [3.8, 4) is 0 Å². The first-order valence-electron chi connectivity index (χ1n) is 5.72. The van der Waals surface area contributed by atoms with Gasteiger partial charge in [0.1, 0.15) is 5.82 Å². The number of nitrogens with zero attached hydrogens (tertiary/aromatic N) is 2. The fraction of sp³-hybridized carbons (Fsp3) is 0.500. The maximum atomic E-state index is 4.37. The van der Waals surface area contributed by atoms with E-state index in [1.165, 1.54) is 0 Å². The van der Waals surface area contributed by atoms with Crippen molar-refractivity contribution in [3.05, 3.63) is 18.0 Å². The average molecular weight is 218 g/mol. The highest BCUT2D eigenvalue weighted by atomic mass is 15.1. The normalized spacial score (nSPS) is 11.2. The summed E-state index contributed by atoms with van der Waals surface area (Å²) in [5.41, 5.74) is 2.04. The number of fused-ring (bicyclic) bond motifs is 1. The van der Waals surface area contributed by atoms with Crippen LogP contribution in [0.3, 0.4) is 0 Å². The Morgan fingerprint density at radius 2 is 2.25 bits per heavy atom. The van der Waals surface area contributed by atoms with E-state index in [0.717, 1.165) is 35.4 Å². The lowest BCUT2D eigenvalue weighted by Gasteiger charge is -2.08. The highest BCUT2D eigenvalue weighted by Crippen LogP contribution is 2.22. The summed E-state index contributed by atoms with van der Waals surface area (Å²) in [5, 5.41) is 11.7. The lowest BCUT2D eigenvalue weighted by Crippen LogP contribution is -2.06. The molecule has 2 rings (SSSR count). The van der Waals surface area contributed by atoms with Crippen LogP contribution in [0, 0.1) is 12.8 Å². The molecule has 0 saturated carbocycles. The first-order chi connectivity index (χ1) is 7.68. The number of aryl methyl sites for hydroxylation is 1. The highest BCUT2D eigenvalue weighted by molar-refractivity contribution is 5.91. The molecule has 2 heterocycles. The topological polar surface area (TPSA) is 53.6 Å². The van der Waals surface area contributed by atoms with Crippen molar-refractivity contribution < 1.29 is 0 Å². The van der Waals surface area contributed by atoms with Crippen LogP contribution < -0.4 is 5.32 Å². The summed E-state index contributed by atoms with van der Waals surface area (Å²) >= 11 is 0. The Kier molecular flexibility index (Phi) is 3.08. The van der Waals surface area contributed by atoms with Gasteiger partial charge < -0.3 is 5.32 Å². The zero-order chi connectivity index (χ0) is 11.5. The third-order valence-electron chi connectivity index (χ3n) is 2.67. The van der Waals surface area contributed by atoms with Crippen molar-refractivity contribution in [2.24, 2.45) is 5.92 Å². The van der Waals surface area contributed by atoms with E-state index in [1.54, 1.807) is 6.20 Å². The van der Waals surface area contributed by atoms with Crippen LogP contribution in [0.25, 0.3) is 10.9 Å². The van der Waals surface area contributed by atoms with Gasteiger partial charge in [0, 0.05) is 12.7 Å². The smallest absolute Gasteiger partial charge is 0.137 e. The second-order valence-electron chi connectivity index (χ2n) is 4.50. The Balaban J connectivity index is 2.20. The van der Waals surface area contributed by atoms with Crippen LogP contribution in [0.4, 0.5) is 5.82 Å². The Labute approximate surface area is 95.5 Å². The van der Waals surface area contributed by atoms with E-state index in [4.69, 9.17) is 0 Å². The summed E-state index contributed by atoms with van der Waals surface area (Å²) < 4.78 is 0. The molecule has 86 valence electrons. The quantitative estimate of drug-likeness (QED) is 0.829. The van der Waals surface area contributed by atoms with E-state index in [2.05, 4.69) is 34.3 Å². The monoisotopic (exact) mass is 218 g/mol. The van der Waals surface area contributed by atoms with Crippen molar-refractivity contribution in [1.82, 2.24) is 15.2 Å². The van der Waals surface area contributed by atoms with Crippen LogP contribution in [0.15, 0.2) is 12.3 Å². The van der Waals surface area contributed by atoms with Gasteiger partial charge >= 0.3 is 0 Å². The molecular formula is C12H18N4. The SMILES string of the molecule is Cc1n[nH]c2ccnc(NCCC(C)C)c12. The lowest BCUT2D eigenvalue weighted by atomic mass is 10.1. The lowest BCUT2D eigenvalue weighted by molar-refractivity contribution is 0.607. The van der Waals surface area contributed by atoms with Crippen LogP contribution in [-0.2, 0) is 0 Å². The van der Waals surface area contributed by atoms with Gasteiger partial charge in [-0.05, 0) is 25.3 Å². The molecule has 0 aliphatic carbocycles. The van der Waals surface area contributed by atoms with Crippen molar-refractivity contribution in [3.63, 3.8) is 0 Å². The van der Waals surface area contributed by atoms with E-state index in [-0.39, 0.29) is 0 Å². The predicted molar refractivity (Wildman–Crippen MR) is 66.6 cm³/mol. The minimum absolute atomic E-state index is 0.706. The summed E-state index contributed by atoms with van der Waals surface area (Å²) in [4.78, 5) is 4.37. The fourth-order valence-corrected chi connectivity index (χ4v) is 1.73. The van der Waals surface area contributed by atoms with Crippen LogP contribution in [0.1, 0.15) is 26.0 Å². The minimum Gasteiger partial charge on any atom is -0.369 e. The van der Waals surface area contributed by atoms with Gasteiger partial charge in [0.15, 0.2) is 0 Å². The summed E-state index contributed by atoms with van der Waals surface area (Å²) in [6, 6.07) is 1.95. The van der Waals surface area contributed by atoms with Crippen LogP contribution >= 0.6 is 0 Å². The Bertz CT molecular complexity index is 473. The van der Waals surface area contributed by atoms with Gasteiger partial charge in [-0.25, -0.2) is 4.98 Å². The second-order valence-corrected chi connectivity index (χ2v) is 4.50. The van der Waals surface area contributed by atoms with Crippen molar-refractivity contribution in [2.45, 2.75) is 27.2 Å². The first kappa shape index (κ1) is 10.9. The molecule has 4 nitrogen and oxygen atoms in total. The number of H-pyrrole nitrogens is 1. The zero-order valence-corrected chi connectivity index (χ0v) is 10.0. The number of hydrogen-bond acceptors (Lipinski definition) is 3. The molecule has 0 saturated heterocycles. The number of aromatic nitrogens is 3. The summed E-state index contributed by atoms with van der Waals surface area (Å²) in [6.45, 7) is 7.39. The first-order valence-corrected chi connectivity index (χ1v) is 5.72. The summed E-state index contributed by atoms with van der Waals surface area (Å²) in [6.07, 6.45) is 2.95. The van der Waals surface area contributed by atoms with Gasteiger partial charge in [0.05, 0.1) is 16.6 Å². The van der Waals surface area contributed by atoms with Crippen molar-refractivity contribution in [2.75, 3.05) is 11.9 Å². The molecule has 4 heteroatoms. The van der Waals surface area contributed by atoms with Crippen molar-refractivity contribution >= 4 is 16.7 Å². The Hall–Kier alpha value is -1.58. The zero-order valence-electron chi connectivity index (χ0n) is 10.0. The number of anilines is 1. The number of hydrogen-bond donors (Lipinski definition) is 2. The van der Waals surface area contributed by atoms with Gasteiger partial charge in [-0.3, -0.25) is 5.10 Å². The number of nitrogens with one attached hydrogen (secondary N) is 2. The Morgan fingerprint density at radius 3 is 3.00 bits per heavy atom. The van der Waals surface area contributed by atoms with Crippen LogP contribution in [0.5, 0.6) is 0 Å². The molecule has 2 N–H and O–H groups in total. The van der Waals surface area contributed by atoms with E-state index < -0.39 is 0 Å². The molecule has 0 aliphatic heterocycles.